The predicted octanol–water partition coefficient (Wildman–Crippen LogP) is 3.12. The third-order valence-electron chi connectivity index (χ3n) is 6.35. The van der Waals surface area contributed by atoms with Crippen LogP contribution < -0.4 is 15.4 Å². The van der Waals surface area contributed by atoms with Crippen LogP contribution in [0.1, 0.15) is 43.3 Å². The zero-order chi connectivity index (χ0) is 24.9. The molecule has 2 atom stereocenters. The van der Waals surface area contributed by atoms with Gasteiger partial charge in [0.15, 0.2) is 0 Å². The number of piperidine rings is 1. The molecule has 1 saturated heterocycles. The summed E-state index contributed by atoms with van der Waals surface area (Å²) in [5, 5.41) is 7.73. The van der Waals surface area contributed by atoms with Crippen LogP contribution in [0.5, 0.6) is 5.75 Å². The van der Waals surface area contributed by atoms with E-state index in [1.165, 1.54) is 34.9 Å². The van der Waals surface area contributed by atoms with Gasteiger partial charge in [-0.05, 0) is 67.3 Å². The summed E-state index contributed by atoms with van der Waals surface area (Å²) in [5.74, 6) is 0.131. The fourth-order valence-electron chi connectivity index (χ4n) is 3.84. The lowest BCUT2D eigenvalue weighted by atomic mass is 9.89. The standard InChI is InChI=1S/C24H33N3O5S2/c1-16(2)17(3)25-24(29)22(26-23(28)21-6-5-15-33-21)18-11-13-27(14-12-18)34(30,31)20-9-7-19(32-4)8-10-20/h5-10,15-18,22H,11-14H2,1-4H3,(H,25,29)(H,26,28)/t17-,22+/m0/s1. The van der Waals surface area contributed by atoms with Crippen LogP contribution in [-0.4, -0.2) is 56.8 Å². The number of nitrogens with zero attached hydrogens (tertiary/aromatic N) is 1. The van der Waals surface area contributed by atoms with Gasteiger partial charge in [0, 0.05) is 19.1 Å². The van der Waals surface area contributed by atoms with Crippen molar-refractivity contribution in [2.75, 3.05) is 20.2 Å². The molecule has 1 fully saturated rings. The zero-order valence-corrected chi connectivity index (χ0v) is 21.6. The number of amides is 2. The molecule has 1 aromatic carbocycles. The van der Waals surface area contributed by atoms with Crippen molar-refractivity contribution in [1.29, 1.82) is 0 Å². The lowest BCUT2D eigenvalue weighted by molar-refractivity contribution is -0.125. The van der Waals surface area contributed by atoms with Crippen LogP contribution in [0.3, 0.4) is 0 Å². The first kappa shape index (κ1) is 26.2. The molecule has 0 saturated carbocycles. The molecule has 34 heavy (non-hydrogen) atoms. The number of hydrogen-bond donors (Lipinski definition) is 2. The minimum absolute atomic E-state index is 0.0517. The first-order chi connectivity index (χ1) is 16.1. The Bertz CT molecular complexity index is 1060. The number of sulfonamides is 1. The summed E-state index contributed by atoms with van der Waals surface area (Å²) in [7, 11) is -2.13. The van der Waals surface area contributed by atoms with E-state index in [1.54, 1.807) is 24.3 Å². The van der Waals surface area contributed by atoms with E-state index in [-0.39, 0.29) is 47.7 Å². The van der Waals surface area contributed by atoms with Gasteiger partial charge in [-0.1, -0.05) is 19.9 Å². The van der Waals surface area contributed by atoms with Crippen LogP contribution >= 0.6 is 11.3 Å². The maximum atomic E-state index is 13.2. The Morgan fingerprint density at radius 2 is 1.71 bits per heavy atom. The number of carbonyl (C=O) groups excluding carboxylic acids is 2. The number of ether oxygens (including phenoxy) is 1. The monoisotopic (exact) mass is 507 g/mol. The predicted molar refractivity (Wildman–Crippen MR) is 132 cm³/mol. The molecule has 8 nitrogen and oxygen atoms in total. The molecular weight excluding hydrogens is 474 g/mol. The second-order valence-electron chi connectivity index (χ2n) is 8.89. The molecule has 2 heterocycles. The highest BCUT2D eigenvalue weighted by molar-refractivity contribution is 7.89. The Morgan fingerprint density at radius 3 is 2.24 bits per heavy atom. The summed E-state index contributed by atoms with van der Waals surface area (Å²) in [4.78, 5) is 26.6. The van der Waals surface area contributed by atoms with Gasteiger partial charge in [-0.3, -0.25) is 9.59 Å². The largest absolute Gasteiger partial charge is 0.497 e. The Morgan fingerprint density at radius 1 is 1.06 bits per heavy atom. The molecule has 2 aromatic rings. The van der Waals surface area contributed by atoms with Crippen molar-refractivity contribution < 1.29 is 22.7 Å². The molecule has 1 aromatic heterocycles. The molecule has 1 aliphatic rings. The van der Waals surface area contributed by atoms with Crippen molar-refractivity contribution in [3.63, 3.8) is 0 Å². The smallest absolute Gasteiger partial charge is 0.262 e. The minimum Gasteiger partial charge on any atom is -0.497 e. The molecule has 0 radical (unpaired) electrons. The molecule has 0 aliphatic carbocycles. The van der Waals surface area contributed by atoms with Crippen LogP contribution in [0.2, 0.25) is 0 Å². The van der Waals surface area contributed by atoms with E-state index in [4.69, 9.17) is 4.74 Å². The highest BCUT2D eigenvalue weighted by atomic mass is 32.2. The number of benzene rings is 1. The van der Waals surface area contributed by atoms with Crippen molar-refractivity contribution in [2.45, 2.75) is 50.6 Å². The van der Waals surface area contributed by atoms with Crippen molar-refractivity contribution in [2.24, 2.45) is 11.8 Å². The highest BCUT2D eigenvalue weighted by Crippen LogP contribution is 2.27. The van der Waals surface area contributed by atoms with E-state index in [0.717, 1.165) is 0 Å². The quantitative estimate of drug-likeness (QED) is 0.543. The molecule has 3 rings (SSSR count). The summed E-state index contributed by atoms with van der Waals surface area (Å²) >= 11 is 1.31. The lowest BCUT2D eigenvalue weighted by Gasteiger charge is -2.35. The van der Waals surface area contributed by atoms with E-state index >= 15 is 0 Å². The topological polar surface area (TPSA) is 105 Å². The number of carbonyl (C=O) groups is 2. The second kappa shape index (κ2) is 11.3. The minimum atomic E-state index is -3.65. The summed E-state index contributed by atoms with van der Waals surface area (Å²) in [6, 6.07) is 9.03. The normalized spacial score (nSPS) is 17.2. The first-order valence-corrected chi connectivity index (χ1v) is 13.7. The van der Waals surface area contributed by atoms with Gasteiger partial charge in [0.1, 0.15) is 11.8 Å². The Kier molecular flexibility index (Phi) is 8.72. The Hall–Kier alpha value is -2.43. The number of methoxy groups -OCH3 is 1. The number of thiophene rings is 1. The molecule has 1 aliphatic heterocycles. The van der Waals surface area contributed by atoms with Crippen LogP contribution in [0, 0.1) is 11.8 Å². The summed E-state index contributed by atoms with van der Waals surface area (Å²) in [6.45, 7) is 6.53. The fraction of sp³-hybridized carbons (Fsp3) is 0.500. The van der Waals surface area contributed by atoms with E-state index in [2.05, 4.69) is 10.6 Å². The molecule has 0 bridgehead atoms. The number of nitrogens with one attached hydrogen (secondary N) is 2. The van der Waals surface area contributed by atoms with Crippen molar-refractivity contribution in [3.05, 3.63) is 46.7 Å². The summed E-state index contributed by atoms with van der Waals surface area (Å²) in [6.07, 6.45) is 0.933. The molecule has 186 valence electrons. The van der Waals surface area contributed by atoms with Crippen molar-refractivity contribution in [1.82, 2.24) is 14.9 Å². The fourth-order valence-corrected chi connectivity index (χ4v) is 5.94. The van der Waals surface area contributed by atoms with Crippen LogP contribution in [-0.2, 0) is 14.8 Å². The van der Waals surface area contributed by atoms with Gasteiger partial charge in [-0.2, -0.15) is 4.31 Å². The van der Waals surface area contributed by atoms with Crippen molar-refractivity contribution >= 4 is 33.2 Å². The van der Waals surface area contributed by atoms with E-state index < -0.39 is 16.1 Å². The van der Waals surface area contributed by atoms with Crippen LogP contribution in [0.4, 0.5) is 0 Å². The average molecular weight is 508 g/mol. The maximum absolute atomic E-state index is 13.2. The van der Waals surface area contributed by atoms with Gasteiger partial charge in [0.25, 0.3) is 5.91 Å². The van der Waals surface area contributed by atoms with Gasteiger partial charge in [0.2, 0.25) is 15.9 Å². The summed E-state index contributed by atoms with van der Waals surface area (Å²) in [5.41, 5.74) is 0. The average Bonchev–Trinajstić information content (AvgIpc) is 3.37. The Balaban J connectivity index is 1.72. The van der Waals surface area contributed by atoms with Crippen LogP contribution in [0.25, 0.3) is 0 Å². The molecule has 2 N–H and O–H groups in total. The van der Waals surface area contributed by atoms with E-state index in [9.17, 15) is 18.0 Å². The van der Waals surface area contributed by atoms with Crippen LogP contribution in [0.15, 0.2) is 46.7 Å². The molecule has 10 heteroatoms. The van der Waals surface area contributed by atoms with Gasteiger partial charge in [-0.25, -0.2) is 8.42 Å². The number of hydrogen-bond acceptors (Lipinski definition) is 6. The van der Waals surface area contributed by atoms with Gasteiger partial charge >= 0.3 is 0 Å². The second-order valence-corrected chi connectivity index (χ2v) is 11.8. The summed E-state index contributed by atoms with van der Waals surface area (Å²) < 4.78 is 32.7. The highest BCUT2D eigenvalue weighted by Gasteiger charge is 2.37. The maximum Gasteiger partial charge on any atom is 0.262 e. The Labute approximate surface area is 205 Å². The van der Waals surface area contributed by atoms with E-state index in [0.29, 0.717) is 23.5 Å². The molecular formula is C24H33N3O5S2. The SMILES string of the molecule is COc1ccc(S(=O)(=O)N2CCC([C@@H](NC(=O)c3cccs3)C(=O)N[C@@H](C)C(C)C)CC2)cc1. The number of rotatable bonds is 9. The van der Waals surface area contributed by atoms with Crippen molar-refractivity contribution in [3.8, 4) is 5.75 Å². The first-order valence-electron chi connectivity index (χ1n) is 11.4. The molecule has 2 amide bonds. The van der Waals surface area contributed by atoms with Gasteiger partial charge in [-0.15, -0.1) is 11.3 Å². The molecule has 0 spiro atoms. The lowest BCUT2D eigenvalue weighted by Crippen LogP contribution is -2.55. The van der Waals surface area contributed by atoms with Gasteiger partial charge in [0.05, 0.1) is 16.9 Å². The zero-order valence-electron chi connectivity index (χ0n) is 20.0. The third kappa shape index (κ3) is 6.17. The van der Waals surface area contributed by atoms with Gasteiger partial charge < -0.3 is 15.4 Å². The molecule has 0 unspecified atom stereocenters. The third-order valence-corrected chi connectivity index (χ3v) is 9.13. The van der Waals surface area contributed by atoms with E-state index in [1.807, 2.05) is 26.2 Å².